The van der Waals surface area contributed by atoms with Crippen LogP contribution in [0.3, 0.4) is 0 Å². The molecular weight excluding hydrogens is 186 g/mol. The molecule has 1 aromatic rings. The van der Waals surface area contributed by atoms with E-state index in [0.717, 1.165) is 0 Å². The number of carbonyl (C=O) groups is 1. The third kappa shape index (κ3) is 2.36. The largest absolute Gasteiger partial charge is 0.394 e. The van der Waals surface area contributed by atoms with Crippen molar-refractivity contribution < 1.29 is 14.6 Å². The average molecular weight is 199 g/mol. The van der Waals surface area contributed by atoms with Crippen molar-refractivity contribution in [3.63, 3.8) is 0 Å². The van der Waals surface area contributed by atoms with Crippen molar-refractivity contribution in [2.75, 3.05) is 20.3 Å². The summed E-state index contributed by atoms with van der Waals surface area (Å²) in [6.07, 6.45) is 1.23. The number of carbonyl (C=O) groups excluding carboxylic acids is 1. The van der Waals surface area contributed by atoms with E-state index in [0.29, 0.717) is 37.2 Å². The number of aromatic nitrogens is 3. The van der Waals surface area contributed by atoms with Gasteiger partial charge in [0, 0.05) is 13.5 Å². The zero-order chi connectivity index (χ0) is 10.4. The van der Waals surface area contributed by atoms with Gasteiger partial charge in [-0.1, -0.05) is 5.21 Å². The lowest BCUT2D eigenvalue weighted by Gasteiger charge is -2.03. The first kappa shape index (κ1) is 10.8. The smallest absolute Gasteiger partial charge is 0.172 e. The van der Waals surface area contributed by atoms with E-state index in [1.807, 2.05) is 0 Å². The SMILES string of the molecule is COCCc1c(C=O)nnn1CCO. The second-order valence-corrected chi connectivity index (χ2v) is 2.73. The number of aldehydes is 1. The Morgan fingerprint density at radius 3 is 3.00 bits per heavy atom. The van der Waals surface area contributed by atoms with Crippen molar-refractivity contribution in [2.24, 2.45) is 0 Å². The zero-order valence-corrected chi connectivity index (χ0v) is 8.01. The van der Waals surface area contributed by atoms with Crippen molar-refractivity contribution in [3.8, 4) is 0 Å². The number of rotatable bonds is 6. The first-order valence-corrected chi connectivity index (χ1v) is 4.30. The molecule has 6 heteroatoms. The quantitative estimate of drug-likeness (QED) is 0.611. The number of aliphatic hydroxyl groups is 1. The van der Waals surface area contributed by atoms with Crippen molar-refractivity contribution >= 4 is 6.29 Å². The number of hydrogen-bond donors (Lipinski definition) is 1. The van der Waals surface area contributed by atoms with Crippen LogP contribution in [0.5, 0.6) is 0 Å². The number of methoxy groups -OCH3 is 1. The summed E-state index contributed by atoms with van der Waals surface area (Å²) >= 11 is 0. The highest BCUT2D eigenvalue weighted by Gasteiger charge is 2.10. The fourth-order valence-electron chi connectivity index (χ4n) is 1.17. The normalized spacial score (nSPS) is 10.4. The second-order valence-electron chi connectivity index (χ2n) is 2.73. The highest BCUT2D eigenvalue weighted by molar-refractivity contribution is 5.73. The van der Waals surface area contributed by atoms with Gasteiger partial charge in [0.2, 0.25) is 0 Å². The molecule has 0 fully saturated rings. The molecule has 0 bridgehead atoms. The van der Waals surface area contributed by atoms with E-state index >= 15 is 0 Å². The van der Waals surface area contributed by atoms with Gasteiger partial charge in [-0.3, -0.25) is 4.79 Å². The van der Waals surface area contributed by atoms with Crippen molar-refractivity contribution in [1.29, 1.82) is 0 Å². The minimum Gasteiger partial charge on any atom is -0.394 e. The Morgan fingerprint density at radius 2 is 2.43 bits per heavy atom. The maximum atomic E-state index is 10.6. The first-order valence-electron chi connectivity index (χ1n) is 4.30. The zero-order valence-electron chi connectivity index (χ0n) is 8.01. The minimum atomic E-state index is -0.0262. The van der Waals surface area contributed by atoms with Crippen LogP contribution in [0.4, 0.5) is 0 Å². The number of ether oxygens (including phenoxy) is 1. The predicted octanol–water partition coefficient (Wildman–Crippen LogP) is -0.728. The molecule has 1 heterocycles. The topological polar surface area (TPSA) is 77.2 Å². The maximum Gasteiger partial charge on any atom is 0.172 e. The summed E-state index contributed by atoms with van der Waals surface area (Å²) < 4.78 is 6.42. The van der Waals surface area contributed by atoms with Gasteiger partial charge in [-0.25, -0.2) is 4.68 Å². The van der Waals surface area contributed by atoms with E-state index < -0.39 is 0 Å². The Kier molecular flexibility index (Phi) is 4.21. The van der Waals surface area contributed by atoms with Crippen LogP contribution in [0, 0.1) is 0 Å². The molecule has 1 N–H and O–H groups in total. The molecule has 0 saturated carbocycles. The lowest BCUT2D eigenvalue weighted by molar-refractivity contribution is 0.111. The molecule has 0 amide bonds. The summed E-state index contributed by atoms with van der Waals surface area (Å²) in [5.74, 6) is 0. The molecule has 6 nitrogen and oxygen atoms in total. The third-order valence-corrected chi connectivity index (χ3v) is 1.83. The molecular formula is C8H13N3O3. The number of aliphatic hydroxyl groups excluding tert-OH is 1. The Labute approximate surface area is 81.5 Å². The van der Waals surface area contributed by atoms with Gasteiger partial charge in [-0.2, -0.15) is 0 Å². The Hall–Kier alpha value is -1.27. The molecule has 0 unspecified atom stereocenters. The van der Waals surface area contributed by atoms with Crippen LogP contribution >= 0.6 is 0 Å². The Bertz CT molecular complexity index is 298. The van der Waals surface area contributed by atoms with Crippen LogP contribution in [-0.2, 0) is 17.7 Å². The first-order chi connectivity index (χ1) is 6.83. The molecule has 0 saturated heterocycles. The van der Waals surface area contributed by atoms with Crippen LogP contribution < -0.4 is 0 Å². The molecule has 0 aliphatic heterocycles. The van der Waals surface area contributed by atoms with Crippen molar-refractivity contribution in [2.45, 2.75) is 13.0 Å². The van der Waals surface area contributed by atoms with E-state index in [9.17, 15) is 4.79 Å². The highest BCUT2D eigenvalue weighted by atomic mass is 16.5. The summed E-state index contributed by atoms with van der Waals surface area (Å²) in [7, 11) is 1.58. The summed E-state index contributed by atoms with van der Waals surface area (Å²) in [5, 5.41) is 16.2. The molecule has 78 valence electrons. The summed E-state index contributed by atoms with van der Waals surface area (Å²) in [5.41, 5.74) is 1.02. The van der Waals surface area contributed by atoms with Crippen molar-refractivity contribution in [3.05, 3.63) is 11.4 Å². The van der Waals surface area contributed by atoms with Crippen LogP contribution in [0.15, 0.2) is 0 Å². The van der Waals surface area contributed by atoms with E-state index in [1.165, 1.54) is 4.68 Å². The molecule has 0 spiro atoms. The minimum absolute atomic E-state index is 0.0262. The van der Waals surface area contributed by atoms with Crippen LogP contribution in [0.2, 0.25) is 0 Å². The highest BCUT2D eigenvalue weighted by Crippen LogP contribution is 2.04. The lowest BCUT2D eigenvalue weighted by Crippen LogP contribution is -2.11. The fraction of sp³-hybridized carbons (Fsp3) is 0.625. The standard InChI is InChI=1S/C8H13N3O3/c1-14-5-2-8-7(6-13)9-10-11(8)3-4-12/h6,12H,2-5H2,1H3. The maximum absolute atomic E-state index is 10.6. The molecule has 1 rings (SSSR count). The second kappa shape index (κ2) is 5.46. The van der Waals surface area contributed by atoms with E-state index in [-0.39, 0.29) is 6.61 Å². The molecule has 1 aromatic heterocycles. The number of hydrogen-bond acceptors (Lipinski definition) is 5. The van der Waals surface area contributed by atoms with E-state index in [1.54, 1.807) is 7.11 Å². The van der Waals surface area contributed by atoms with Gasteiger partial charge in [0.15, 0.2) is 6.29 Å². The van der Waals surface area contributed by atoms with Gasteiger partial charge in [-0.05, 0) is 0 Å². The third-order valence-electron chi connectivity index (χ3n) is 1.83. The van der Waals surface area contributed by atoms with Gasteiger partial charge in [0.25, 0.3) is 0 Å². The van der Waals surface area contributed by atoms with Gasteiger partial charge >= 0.3 is 0 Å². The molecule has 0 aromatic carbocycles. The van der Waals surface area contributed by atoms with Gasteiger partial charge < -0.3 is 9.84 Å². The van der Waals surface area contributed by atoms with Gasteiger partial charge in [0.1, 0.15) is 5.69 Å². The predicted molar refractivity (Wildman–Crippen MR) is 48.1 cm³/mol. The molecule has 0 aliphatic rings. The summed E-state index contributed by atoms with van der Waals surface area (Å²) in [6, 6.07) is 0. The van der Waals surface area contributed by atoms with E-state index in [4.69, 9.17) is 9.84 Å². The van der Waals surface area contributed by atoms with E-state index in [2.05, 4.69) is 10.3 Å². The summed E-state index contributed by atoms with van der Waals surface area (Å²) in [6.45, 7) is 0.821. The average Bonchev–Trinajstić information content (AvgIpc) is 2.58. The molecule has 0 atom stereocenters. The van der Waals surface area contributed by atoms with Gasteiger partial charge in [-0.15, -0.1) is 5.10 Å². The van der Waals surface area contributed by atoms with Crippen LogP contribution in [0.25, 0.3) is 0 Å². The monoisotopic (exact) mass is 199 g/mol. The number of nitrogens with zero attached hydrogens (tertiary/aromatic N) is 3. The Morgan fingerprint density at radius 1 is 1.64 bits per heavy atom. The van der Waals surface area contributed by atoms with Crippen molar-refractivity contribution in [1.82, 2.24) is 15.0 Å². The van der Waals surface area contributed by atoms with Crippen LogP contribution in [-0.4, -0.2) is 46.7 Å². The molecule has 14 heavy (non-hydrogen) atoms. The van der Waals surface area contributed by atoms with Gasteiger partial charge in [0.05, 0.1) is 25.5 Å². The summed E-state index contributed by atoms with van der Waals surface area (Å²) in [4.78, 5) is 10.6. The lowest BCUT2D eigenvalue weighted by atomic mass is 10.2. The fourth-order valence-corrected chi connectivity index (χ4v) is 1.17. The Balaban J connectivity index is 2.81. The van der Waals surface area contributed by atoms with Crippen LogP contribution in [0.1, 0.15) is 16.2 Å². The molecule has 0 aliphatic carbocycles. The molecule has 0 radical (unpaired) electrons.